The van der Waals surface area contributed by atoms with Gasteiger partial charge in [-0.2, -0.15) is 0 Å². The van der Waals surface area contributed by atoms with Crippen LogP contribution in [0.5, 0.6) is 0 Å². The minimum absolute atomic E-state index is 0.133. The number of carbonyl (C=O) groups is 1. The molecule has 1 saturated heterocycles. The van der Waals surface area contributed by atoms with Gasteiger partial charge in [0, 0.05) is 19.7 Å². The highest BCUT2D eigenvalue weighted by molar-refractivity contribution is 5.69. The Labute approximate surface area is 72.1 Å². The Bertz CT molecular complexity index is 160. The molecule has 0 aromatic rings. The Morgan fingerprint density at radius 3 is 3.17 bits per heavy atom. The molecule has 0 spiro atoms. The van der Waals surface area contributed by atoms with Gasteiger partial charge in [0.1, 0.15) is 0 Å². The zero-order valence-electron chi connectivity index (χ0n) is 7.32. The van der Waals surface area contributed by atoms with Gasteiger partial charge < -0.3 is 9.84 Å². The Hall–Kier alpha value is -0.610. The average molecular weight is 173 g/mol. The van der Waals surface area contributed by atoms with Crippen LogP contribution in [0.25, 0.3) is 0 Å². The molecule has 4 nitrogen and oxygen atoms in total. The number of carboxylic acids is 1. The first-order chi connectivity index (χ1) is 5.68. The lowest BCUT2D eigenvalue weighted by molar-refractivity contribution is -0.138. The number of carboxylic acid groups (broad SMARTS) is 1. The predicted molar refractivity (Wildman–Crippen MR) is 44.1 cm³/mol. The summed E-state index contributed by atoms with van der Waals surface area (Å²) < 4.78 is 5.38. The van der Waals surface area contributed by atoms with Crippen LogP contribution in [-0.2, 0) is 9.53 Å². The van der Waals surface area contributed by atoms with E-state index in [0.29, 0.717) is 0 Å². The molecule has 1 aliphatic heterocycles. The van der Waals surface area contributed by atoms with Gasteiger partial charge in [-0.05, 0) is 13.3 Å². The van der Waals surface area contributed by atoms with E-state index in [9.17, 15) is 4.79 Å². The highest BCUT2D eigenvalue weighted by Crippen LogP contribution is 2.04. The van der Waals surface area contributed by atoms with Gasteiger partial charge in [0.25, 0.3) is 0 Å². The van der Waals surface area contributed by atoms with Crippen LogP contribution in [0.1, 0.15) is 13.3 Å². The van der Waals surface area contributed by atoms with E-state index in [-0.39, 0.29) is 12.6 Å². The van der Waals surface area contributed by atoms with Crippen LogP contribution in [0.2, 0.25) is 0 Å². The third-order valence-corrected chi connectivity index (χ3v) is 1.90. The fourth-order valence-corrected chi connectivity index (χ4v) is 1.42. The Balaban J connectivity index is 2.35. The van der Waals surface area contributed by atoms with E-state index in [2.05, 4.69) is 0 Å². The van der Waals surface area contributed by atoms with Crippen LogP contribution < -0.4 is 0 Å². The smallest absolute Gasteiger partial charge is 0.317 e. The zero-order chi connectivity index (χ0) is 8.97. The van der Waals surface area contributed by atoms with Crippen molar-refractivity contribution in [2.24, 2.45) is 0 Å². The fourth-order valence-electron chi connectivity index (χ4n) is 1.42. The van der Waals surface area contributed by atoms with Gasteiger partial charge in [0.2, 0.25) is 0 Å². The minimum Gasteiger partial charge on any atom is -0.480 e. The highest BCUT2D eigenvalue weighted by atomic mass is 16.5. The number of aliphatic carboxylic acids is 1. The van der Waals surface area contributed by atoms with Gasteiger partial charge in [0.05, 0.1) is 12.6 Å². The topological polar surface area (TPSA) is 49.8 Å². The highest BCUT2D eigenvalue weighted by Gasteiger charge is 2.16. The molecule has 1 aliphatic rings. The first kappa shape index (κ1) is 9.48. The molecule has 0 saturated carbocycles. The van der Waals surface area contributed by atoms with Crippen LogP contribution in [0.3, 0.4) is 0 Å². The van der Waals surface area contributed by atoms with Gasteiger partial charge in [-0.25, -0.2) is 0 Å². The van der Waals surface area contributed by atoms with E-state index >= 15 is 0 Å². The third kappa shape index (κ3) is 3.19. The van der Waals surface area contributed by atoms with E-state index in [4.69, 9.17) is 9.84 Å². The molecule has 0 radical (unpaired) electrons. The van der Waals surface area contributed by atoms with Gasteiger partial charge in [-0.3, -0.25) is 9.69 Å². The summed E-state index contributed by atoms with van der Waals surface area (Å²) in [4.78, 5) is 12.3. The van der Waals surface area contributed by atoms with Crippen molar-refractivity contribution in [3.8, 4) is 0 Å². The van der Waals surface area contributed by atoms with Crippen molar-refractivity contribution in [2.75, 3.05) is 26.2 Å². The van der Waals surface area contributed by atoms with E-state index in [1.165, 1.54) is 0 Å². The summed E-state index contributed by atoms with van der Waals surface area (Å²) in [6.07, 6.45) is 1.09. The Morgan fingerprint density at radius 1 is 1.75 bits per heavy atom. The molecule has 0 aromatic carbocycles. The second kappa shape index (κ2) is 4.42. The molecule has 1 heterocycles. The number of hydrogen-bond donors (Lipinski definition) is 1. The maximum absolute atomic E-state index is 10.4. The largest absolute Gasteiger partial charge is 0.480 e. The van der Waals surface area contributed by atoms with Gasteiger partial charge in [-0.1, -0.05) is 0 Å². The van der Waals surface area contributed by atoms with E-state index in [0.717, 1.165) is 26.1 Å². The molecular formula is C8H15NO3. The second-order valence-corrected chi connectivity index (χ2v) is 3.16. The molecule has 1 fully saturated rings. The standard InChI is InChI=1S/C8H15NO3/c1-7-5-9(6-8(10)11)3-2-4-12-7/h7H,2-6H2,1H3,(H,10,11). The number of hydrogen-bond acceptors (Lipinski definition) is 3. The lowest BCUT2D eigenvalue weighted by Crippen LogP contribution is -2.34. The van der Waals surface area contributed by atoms with Crippen molar-refractivity contribution in [3.05, 3.63) is 0 Å². The van der Waals surface area contributed by atoms with Crippen LogP contribution in [0, 0.1) is 0 Å². The number of ether oxygens (including phenoxy) is 1. The van der Waals surface area contributed by atoms with E-state index in [1.54, 1.807) is 0 Å². The average Bonchev–Trinajstić information content (AvgIpc) is 2.12. The molecule has 4 heteroatoms. The third-order valence-electron chi connectivity index (χ3n) is 1.90. The van der Waals surface area contributed by atoms with Crippen LogP contribution in [-0.4, -0.2) is 48.3 Å². The molecule has 0 amide bonds. The summed E-state index contributed by atoms with van der Waals surface area (Å²) in [6, 6.07) is 0. The predicted octanol–water partition coefficient (Wildman–Crippen LogP) is 0.182. The monoisotopic (exact) mass is 173 g/mol. The maximum atomic E-state index is 10.4. The first-order valence-electron chi connectivity index (χ1n) is 4.24. The maximum Gasteiger partial charge on any atom is 0.317 e. The second-order valence-electron chi connectivity index (χ2n) is 3.16. The molecular weight excluding hydrogens is 158 g/mol. The summed E-state index contributed by atoms with van der Waals surface area (Å²) in [5.74, 6) is -0.760. The first-order valence-corrected chi connectivity index (χ1v) is 4.24. The molecule has 1 atom stereocenters. The summed E-state index contributed by atoms with van der Waals surface area (Å²) in [5.41, 5.74) is 0. The molecule has 1 unspecified atom stereocenters. The summed E-state index contributed by atoms with van der Waals surface area (Å²) in [7, 11) is 0. The Kier molecular flexibility index (Phi) is 3.49. The quantitative estimate of drug-likeness (QED) is 0.647. The van der Waals surface area contributed by atoms with Crippen LogP contribution >= 0.6 is 0 Å². The van der Waals surface area contributed by atoms with Crippen molar-refractivity contribution < 1.29 is 14.6 Å². The lowest BCUT2D eigenvalue weighted by Gasteiger charge is -2.18. The SMILES string of the molecule is CC1CN(CC(=O)O)CCCO1. The van der Waals surface area contributed by atoms with Gasteiger partial charge in [-0.15, -0.1) is 0 Å². The Morgan fingerprint density at radius 2 is 2.50 bits per heavy atom. The summed E-state index contributed by atoms with van der Waals surface area (Å²) >= 11 is 0. The number of nitrogens with zero attached hydrogens (tertiary/aromatic N) is 1. The zero-order valence-corrected chi connectivity index (χ0v) is 7.32. The minimum atomic E-state index is -0.760. The normalized spacial score (nSPS) is 26.6. The van der Waals surface area contributed by atoms with Gasteiger partial charge >= 0.3 is 5.97 Å². The fraction of sp³-hybridized carbons (Fsp3) is 0.875. The molecule has 70 valence electrons. The van der Waals surface area contributed by atoms with Crippen molar-refractivity contribution in [2.45, 2.75) is 19.4 Å². The van der Waals surface area contributed by atoms with Crippen molar-refractivity contribution in [1.82, 2.24) is 4.90 Å². The molecule has 1 N–H and O–H groups in total. The molecule has 0 aliphatic carbocycles. The van der Waals surface area contributed by atoms with E-state index in [1.807, 2.05) is 11.8 Å². The van der Waals surface area contributed by atoms with Crippen molar-refractivity contribution >= 4 is 5.97 Å². The van der Waals surface area contributed by atoms with Crippen LogP contribution in [0.4, 0.5) is 0 Å². The van der Waals surface area contributed by atoms with E-state index < -0.39 is 5.97 Å². The molecule has 0 bridgehead atoms. The lowest BCUT2D eigenvalue weighted by atomic mass is 10.3. The number of rotatable bonds is 2. The molecule has 0 aromatic heterocycles. The van der Waals surface area contributed by atoms with Crippen LogP contribution in [0.15, 0.2) is 0 Å². The van der Waals surface area contributed by atoms with Gasteiger partial charge in [0.15, 0.2) is 0 Å². The van der Waals surface area contributed by atoms with Crippen molar-refractivity contribution in [3.63, 3.8) is 0 Å². The summed E-state index contributed by atoms with van der Waals surface area (Å²) in [5, 5.41) is 8.56. The summed E-state index contributed by atoms with van der Waals surface area (Å²) in [6.45, 7) is 4.41. The molecule has 12 heavy (non-hydrogen) atoms. The molecule has 1 rings (SSSR count). The van der Waals surface area contributed by atoms with Crippen molar-refractivity contribution in [1.29, 1.82) is 0 Å².